The van der Waals surface area contributed by atoms with Crippen LogP contribution in [0.25, 0.3) is 0 Å². The summed E-state index contributed by atoms with van der Waals surface area (Å²) in [6.07, 6.45) is 3.55. The zero-order valence-corrected chi connectivity index (χ0v) is 11.1. The molecule has 1 atom stereocenters. The van der Waals surface area contributed by atoms with E-state index >= 15 is 0 Å². The third kappa shape index (κ3) is 2.25. The van der Waals surface area contributed by atoms with Gasteiger partial charge in [-0.2, -0.15) is 0 Å². The van der Waals surface area contributed by atoms with Crippen LogP contribution >= 0.6 is 11.6 Å². The highest BCUT2D eigenvalue weighted by molar-refractivity contribution is 6.30. The van der Waals surface area contributed by atoms with Crippen molar-refractivity contribution >= 4 is 29.2 Å². The zero-order chi connectivity index (χ0) is 14.1. The van der Waals surface area contributed by atoms with Crippen LogP contribution in [0.4, 0.5) is 10.5 Å². The van der Waals surface area contributed by atoms with Crippen molar-refractivity contribution in [1.82, 2.24) is 15.3 Å². The number of aromatic nitrogens is 2. The van der Waals surface area contributed by atoms with E-state index in [2.05, 4.69) is 15.3 Å². The van der Waals surface area contributed by atoms with Crippen LogP contribution in [-0.4, -0.2) is 27.9 Å². The summed E-state index contributed by atoms with van der Waals surface area (Å²) in [6.45, 7) is 0. The van der Waals surface area contributed by atoms with Gasteiger partial charge in [0.2, 0.25) is 0 Å². The summed E-state index contributed by atoms with van der Waals surface area (Å²) >= 11 is 5.80. The Morgan fingerprint density at radius 1 is 1.25 bits per heavy atom. The van der Waals surface area contributed by atoms with Crippen LogP contribution in [0.1, 0.15) is 5.69 Å². The van der Waals surface area contributed by atoms with Gasteiger partial charge in [-0.25, -0.2) is 14.7 Å². The topological polar surface area (TPSA) is 78.1 Å². The van der Waals surface area contributed by atoms with Crippen molar-refractivity contribution in [3.63, 3.8) is 0 Å². The Balaban J connectivity index is 1.81. The van der Waals surface area contributed by atoms with Gasteiger partial charge in [0.1, 0.15) is 6.04 Å². The first kappa shape index (κ1) is 12.7. The zero-order valence-electron chi connectivity index (χ0n) is 10.3. The van der Waals surface area contributed by atoms with Gasteiger partial charge in [-0.1, -0.05) is 11.6 Å². The summed E-state index contributed by atoms with van der Waals surface area (Å²) in [5.74, 6) is -0.285. The third-order valence-electron chi connectivity index (χ3n) is 3.08. The Kier molecular flexibility index (Phi) is 3.15. The molecule has 7 heteroatoms. The molecule has 3 amide bonds. The fraction of sp³-hybridized carbons (Fsp3) is 0.154. The predicted molar refractivity (Wildman–Crippen MR) is 73.5 cm³/mol. The van der Waals surface area contributed by atoms with E-state index in [1.165, 1.54) is 6.33 Å². The molecule has 1 aromatic heterocycles. The molecule has 0 unspecified atom stereocenters. The number of halogens is 1. The van der Waals surface area contributed by atoms with Crippen molar-refractivity contribution in [3.8, 4) is 0 Å². The molecule has 102 valence electrons. The molecule has 20 heavy (non-hydrogen) atoms. The number of rotatable bonds is 3. The van der Waals surface area contributed by atoms with Gasteiger partial charge in [0.25, 0.3) is 5.91 Å². The minimum absolute atomic E-state index is 0.285. The van der Waals surface area contributed by atoms with Crippen LogP contribution in [0.5, 0.6) is 0 Å². The van der Waals surface area contributed by atoms with Crippen molar-refractivity contribution < 1.29 is 9.59 Å². The summed E-state index contributed by atoms with van der Waals surface area (Å²) in [5, 5.41) is 3.21. The van der Waals surface area contributed by atoms with E-state index in [1.54, 1.807) is 30.5 Å². The molecule has 6 nitrogen and oxygen atoms in total. The minimum atomic E-state index is -0.585. The number of urea groups is 1. The van der Waals surface area contributed by atoms with E-state index in [0.29, 0.717) is 17.1 Å². The number of amides is 3. The largest absolute Gasteiger partial charge is 0.348 e. The number of nitrogens with one attached hydrogen (secondary N) is 2. The van der Waals surface area contributed by atoms with Crippen molar-refractivity contribution in [2.24, 2.45) is 0 Å². The number of hydrogen-bond acceptors (Lipinski definition) is 3. The van der Waals surface area contributed by atoms with Crippen molar-refractivity contribution in [1.29, 1.82) is 0 Å². The SMILES string of the molecule is O=C1N[C@H](Cc2cnc[nH]2)C(=O)N1c1ccc(Cl)cc1. The number of imidazole rings is 1. The lowest BCUT2D eigenvalue weighted by Gasteiger charge is -2.12. The van der Waals surface area contributed by atoms with Crippen molar-refractivity contribution in [2.45, 2.75) is 12.5 Å². The monoisotopic (exact) mass is 290 g/mol. The van der Waals surface area contributed by atoms with Crippen LogP contribution < -0.4 is 10.2 Å². The first-order valence-corrected chi connectivity index (χ1v) is 6.40. The second-order valence-corrected chi connectivity index (χ2v) is 4.87. The highest BCUT2D eigenvalue weighted by Crippen LogP contribution is 2.22. The fourth-order valence-corrected chi connectivity index (χ4v) is 2.25. The molecule has 3 rings (SSSR count). The number of hydrogen-bond donors (Lipinski definition) is 2. The molecule has 1 aliphatic heterocycles. The average molecular weight is 291 g/mol. The number of benzene rings is 1. The molecule has 0 spiro atoms. The van der Waals surface area contributed by atoms with Gasteiger partial charge in [-0.05, 0) is 24.3 Å². The quantitative estimate of drug-likeness (QED) is 0.845. The van der Waals surface area contributed by atoms with Gasteiger partial charge in [0.15, 0.2) is 0 Å². The minimum Gasteiger partial charge on any atom is -0.348 e. The van der Waals surface area contributed by atoms with Crippen LogP contribution in [-0.2, 0) is 11.2 Å². The Bertz CT molecular complexity index is 639. The molecule has 1 saturated heterocycles. The van der Waals surface area contributed by atoms with E-state index in [4.69, 9.17) is 11.6 Å². The molecule has 0 radical (unpaired) electrons. The summed E-state index contributed by atoms with van der Waals surface area (Å²) in [6, 6.07) is 5.54. The molecular weight excluding hydrogens is 280 g/mol. The lowest BCUT2D eigenvalue weighted by Crippen LogP contribution is -2.32. The molecule has 1 fully saturated rings. The Morgan fingerprint density at radius 2 is 2.00 bits per heavy atom. The van der Waals surface area contributed by atoms with Crippen LogP contribution in [0.15, 0.2) is 36.8 Å². The van der Waals surface area contributed by atoms with E-state index in [1.807, 2.05) is 0 Å². The third-order valence-corrected chi connectivity index (χ3v) is 3.33. The fourth-order valence-electron chi connectivity index (χ4n) is 2.12. The van der Waals surface area contributed by atoms with Crippen LogP contribution in [0.3, 0.4) is 0 Å². The summed E-state index contributed by atoms with van der Waals surface area (Å²) < 4.78 is 0. The number of imide groups is 1. The van der Waals surface area contributed by atoms with Crippen LogP contribution in [0, 0.1) is 0 Å². The highest BCUT2D eigenvalue weighted by atomic mass is 35.5. The van der Waals surface area contributed by atoms with Gasteiger partial charge >= 0.3 is 6.03 Å². The summed E-state index contributed by atoms with van der Waals surface area (Å²) in [7, 11) is 0. The molecule has 0 aliphatic carbocycles. The molecular formula is C13H11ClN4O2. The number of nitrogens with zero attached hydrogens (tertiary/aromatic N) is 2. The van der Waals surface area contributed by atoms with Gasteiger partial charge in [0, 0.05) is 23.3 Å². The van der Waals surface area contributed by atoms with Crippen molar-refractivity contribution in [2.75, 3.05) is 4.90 Å². The first-order chi connectivity index (χ1) is 9.65. The number of carbonyl (C=O) groups is 2. The molecule has 2 heterocycles. The van der Waals surface area contributed by atoms with E-state index < -0.39 is 12.1 Å². The lowest BCUT2D eigenvalue weighted by atomic mass is 10.1. The van der Waals surface area contributed by atoms with Gasteiger partial charge in [-0.15, -0.1) is 0 Å². The van der Waals surface area contributed by atoms with Crippen LogP contribution in [0.2, 0.25) is 5.02 Å². The van der Waals surface area contributed by atoms with Gasteiger partial charge < -0.3 is 10.3 Å². The van der Waals surface area contributed by atoms with E-state index in [0.717, 1.165) is 10.6 Å². The smallest absolute Gasteiger partial charge is 0.329 e. The van der Waals surface area contributed by atoms with Crippen molar-refractivity contribution in [3.05, 3.63) is 47.5 Å². The van der Waals surface area contributed by atoms with Gasteiger partial charge in [-0.3, -0.25) is 4.79 Å². The van der Waals surface area contributed by atoms with E-state index in [9.17, 15) is 9.59 Å². The molecule has 1 aromatic carbocycles. The maximum Gasteiger partial charge on any atom is 0.329 e. The summed E-state index contributed by atoms with van der Waals surface area (Å²) in [5.41, 5.74) is 1.30. The summed E-state index contributed by atoms with van der Waals surface area (Å²) in [4.78, 5) is 32.2. The lowest BCUT2D eigenvalue weighted by molar-refractivity contribution is -0.118. The number of aromatic amines is 1. The molecule has 2 N–H and O–H groups in total. The highest BCUT2D eigenvalue weighted by Gasteiger charge is 2.39. The predicted octanol–water partition coefficient (Wildman–Crippen LogP) is 1.73. The maximum atomic E-state index is 12.3. The normalized spacial score (nSPS) is 18.4. The number of H-pyrrole nitrogens is 1. The number of carbonyl (C=O) groups excluding carboxylic acids is 2. The standard InChI is InChI=1S/C13H11ClN4O2/c14-8-1-3-10(4-2-8)18-12(19)11(17-13(18)20)5-9-6-15-7-16-9/h1-4,6-7,11H,5H2,(H,15,16)(H,17,20)/t11-/m1/s1. The average Bonchev–Trinajstić information content (AvgIpc) is 3.02. The van der Waals surface area contributed by atoms with E-state index in [-0.39, 0.29) is 5.91 Å². The Hall–Kier alpha value is -2.34. The second-order valence-electron chi connectivity index (χ2n) is 4.43. The molecule has 1 aliphatic rings. The van der Waals surface area contributed by atoms with Gasteiger partial charge in [0.05, 0.1) is 12.0 Å². The number of anilines is 1. The first-order valence-electron chi connectivity index (χ1n) is 6.02. The second kappa shape index (κ2) is 4.97. The molecule has 0 bridgehead atoms. The Labute approximate surface area is 119 Å². The molecule has 0 saturated carbocycles. The maximum absolute atomic E-state index is 12.3. The Morgan fingerprint density at radius 3 is 2.65 bits per heavy atom. The molecule has 2 aromatic rings.